The summed E-state index contributed by atoms with van der Waals surface area (Å²) in [7, 11) is 3.27. The van der Waals surface area contributed by atoms with Crippen molar-refractivity contribution >= 4 is 0 Å². The molecule has 0 atom stereocenters. The highest BCUT2D eigenvalue weighted by Crippen LogP contribution is 2.35. The van der Waals surface area contributed by atoms with Crippen LogP contribution < -0.4 is 24.3 Å². The summed E-state index contributed by atoms with van der Waals surface area (Å²) in [5.74, 6) is 3.12. The Morgan fingerprint density at radius 3 is 2.68 bits per heavy atom. The molecule has 2 aromatic rings. The van der Waals surface area contributed by atoms with Gasteiger partial charge in [-0.05, 0) is 23.8 Å². The molecule has 116 valence electrons. The van der Waals surface area contributed by atoms with Gasteiger partial charge in [0.15, 0.2) is 23.0 Å². The van der Waals surface area contributed by atoms with Gasteiger partial charge in [0.05, 0.1) is 14.2 Å². The van der Waals surface area contributed by atoms with E-state index in [1.54, 1.807) is 14.2 Å². The Hall–Kier alpha value is -2.40. The van der Waals surface area contributed by atoms with Crippen LogP contribution in [0.5, 0.6) is 23.0 Å². The topological polar surface area (TPSA) is 49.0 Å². The predicted octanol–water partition coefficient (Wildman–Crippen LogP) is 2.72. The average molecular weight is 301 g/mol. The van der Waals surface area contributed by atoms with Gasteiger partial charge in [-0.1, -0.05) is 18.2 Å². The van der Waals surface area contributed by atoms with Crippen LogP contribution in [0.15, 0.2) is 36.4 Å². The largest absolute Gasteiger partial charge is 0.493 e. The number of hydrogen-bond donors (Lipinski definition) is 1. The lowest BCUT2D eigenvalue weighted by Crippen LogP contribution is -2.13. The minimum atomic E-state index is 0.294. The first-order valence-corrected chi connectivity index (χ1v) is 7.11. The molecule has 0 amide bonds. The van der Waals surface area contributed by atoms with Gasteiger partial charge in [0.25, 0.3) is 0 Å². The standard InChI is InChI=1S/C17H19NO4/c1-19-14-7-6-12(8-16(14)20-2)9-18-10-13-4-3-5-15-17(13)22-11-21-15/h3-8,18H,9-11H2,1-2H3. The highest BCUT2D eigenvalue weighted by Gasteiger charge is 2.16. The number of para-hydroxylation sites is 1. The highest BCUT2D eigenvalue weighted by molar-refractivity contribution is 5.48. The van der Waals surface area contributed by atoms with E-state index in [0.717, 1.165) is 40.7 Å². The third-order valence-electron chi connectivity index (χ3n) is 3.57. The monoisotopic (exact) mass is 301 g/mol. The van der Waals surface area contributed by atoms with Crippen molar-refractivity contribution in [1.29, 1.82) is 0 Å². The third-order valence-corrected chi connectivity index (χ3v) is 3.57. The molecule has 5 heteroatoms. The molecule has 2 aromatic carbocycles. The van der Waals surface area contributed by atoms with Crippen molar-refractivity contribution in [2.45, 2.75) is 13.1 Å². The second kappa shape index (κ2) is 6.58. The molecule has 0 saturated heterocycles. The van der Waals surface area contributed by atoms with Gasteiger partial charge in [0, 0.05) is 18.7 Å². The zero-order valence-corrected chi connectivity index (χ0v) is 12.7. The van der Waals surface area contributed by atoms with Crippen LogP contribution in [0.4, 0.5) is 0 Å². The SMILES string of the molecule is COc1ccc(CNCc2cccc3c2OCO3)cc1OC. The number of methoxy groups -OCH3 is 2. The van der Waals surface area contributed by atoms with E-state index in [-0.39, 0.29) is 0 Å². The average Bonchev–Trinajstić information content (AvgIpc) is 3.04. The van der Waals surface area contributed by atoms with E-state index in [0.29, 0.717) is 13.3 Å². The molecule has 1 heterocycles. The third kappa shape index (κ3) is 2.94. The number of rotatable bonds is 6. The summed E-state index contributed by atoms with van der Waals surface area (Å²) in [5.41, 5.74) is 2.22. The lowest BCUT2D eigenvalue weighted by atomic mass is 10.1. The van der Waals surface area contributed by atoms with Gasteiger partial charge in [-0.15, -0.1) is 0 Å². The van der Waals surface area contributed by atoms with E-state index < -0.39 is 0 Å². The van der Waals surface area contributed by atoms with E-state index in [4.69, 9.17) is 18.9 Å². The second-order valence-electron chi connectivity index (χ2n) is 4.94. The fourth-order valence-corrected chi connectivity index (χ4v) is 2.46. The number of fused-ring (bicyclic) bond motifs is 1. The van der Waals surface area contributed by atoms with E-state index in [9.17, 15) is 0 Å². The fourth-order valence-electron chi connectivity index (χ4n) is 2.46. The molecule has 0 aliphatic carbocycles. The summed E-state index contributed by atoms with van der Waals surface area (Å²) >= 11 is 0. The van der Waals surface area contributed by atoms with Crippen molar-refractivity contribution in [3.05, 3.63) is 47.5 Å². The lowest BCUT2D eigenvalue weighted by molar-refractivity contribution is 0.173. The first kappa shape index (κ1) is 14.5. The predicted molar refractivity (Wildman–Crippen MR) is 82.7 cm³/mol. The number of benzene rings is 2. The molecular weight excluding hydrogens is 282 g/mol. The van der Waals surface area contributed by atoms with Crippen molar-refractivity contribution in [2.75, 3.05) is 21.0 Å². The van der Waals surface area contributed by atoms with Gasteiger partial charge in [-0.3, -0.25) is 0 Å². The van der Waals surface area contributed by atoms with Crippen molar-refractivity contribution < 1.29 is 18.9 Å². The van der Waals surface area contributed by atoms with Crippen LogP contribution in [-0.4, -0.2) is 21.0 Å². The first-order valence-electron chi connectivity index (χ1n) is 7.11. The van der Waals surface area contributed by atoms with Crippen molar-refractivity contribution in [2.24, 2.45) is 0 Å². The Balaban J connectivity index is 1.63. The molecule has 3 rings (SSSR count). The van der Waals surface area contributed by atoms with E-state index in [1.807, 2.05) is 36.4 Å². The maximum Gasteiger partial charge on any atom is 0.231 e. The Bertz CT molecular complexity index is 657. The molecule has 1 N–H and O–H groups in total. The maximum atomic E-state index is 5.50. The quantitative estimate of drug-likeness (QED) is 0.889. The van der Waals surface area contributed by atoms with Gasteiger partial charge < -0.3 is 24.3 Å². The molecule has 1 aliphatic rings. The molecule has 0 aromatic heterocycles. The maximum absolute atomic E-state index is 5.50. The second-order valence-corrected chi connectivity index (χ2v) is 4.94. The number of ether oxygens (including phenoxy) is 4. The van der Waals surface area contributed by atoms with E-state index in [1.165, 1.54) is 0 Å². The van der Waals surface area contributed by atoms with Gasteiger partial charge in [-0.25, -0.2) is 0 Å². The number of nitrogens with one attached hydrogen (secondary N) is 1. The van der Waals surface area contributed by atoms with E-state index in [2.05, 4.69) is 5.32 Å². The Morgan fingerprint density at radius 1 is 1.00 bits per heavy atom. The molecule has 0 unspecified atom stereocenters. The number of hydrogen-bond acceptors (Lipinski definition) is 5. The zero-order chi connectivity index (χ0) is 15.4. The van der Waals surface area contributed by atoms with E-state index >= 15 is 0 Å². The van der Waals surface area contributed by atoms with Crippen LogP contribution in [0.3, 0.4) is 0 Å². The van der Waals surface area contributed by atoms with Gasteiger partial charge in [0.2, 0.25) is 6.79 Å². The van der Waals surface area contributed by atoms with Crippen LogP contribution in [0.25, 0.3) is 0 Å². The minimum absolute atomic E-state index is 0.294. The lowest BCUT2D eigenvalue weighted by Gasteiger charge is -2.11. The Morgan fingerprint density at radius 2 is 1.86 bits per heavy atom. The molecule has 0 spiro atoms. The molecule has 1 aliphatic heterocycles. The van der Waals surface area contributed by atoms with Gasteiger partial charge >= 0.3 is 0 Å². The summed E-state index contributed by atoms with van der Waals surface area (Å²) in [6, 6.07) is 11.8. The molecular formula is C17H19NO4. The molecule has 22 heavy (non-hydrogen) atoms. The molecule has 0 fully saturated rings. The summed E-state index contributed by atoms with van der Waals surface area (Å²) in [6.45, 7) is 1.73. The molecule has 0 bridgehead atoms. The normalized spacial score (nSPS) is 12.3. The zero-order valence-electron chi connectivity index (χ0n) is 12.7. The molecule has 5 nitrogen and oxygen atoms in total. The van der Waals surface area contributed by atoms with Crippen LogP contribution in [0, 0.1) is 0 Å². The fraction of sp³-hybridized carbons (Fsp3) is 0.294. The van der Waals surface area contributed by atoms with Crippen LogP contribution in [-0.2, 0) is 13.1 Å². The Kier molecular flexibility index (Phi) is 4.34. The highest BCUT2D eigenvalue weighted by atomic mass is 16.7. The van der Waals surface area contributed by atoms with Crippen molar-refractivity contribution in [3.8, 4) is 23.0 Å². The smallest absolute Gasteiger partial charge is 0.231 e. The summed E-state index contributed by atoms with van der Waals surface area (Å²) in [6.07, 6.45) is 0. The molecule has 0 saturated carbocycles. The molecule has 0 radical (unpaired) electrons. The van der Waals surface area contributed by atoms with Gasteiger partial charge in [-0.2, -0.15) is 0 Å². The van der Waals surface area contributed by atoms with Crippen LogP contribution in [0.2, 0.25) is 0 Å². The van der Waals surface area contributed by atoms with Crippen molar-refractivity contribution in [1.82, 2.24) is 5.32 Å². The first-order chi connectivity index (χ1) is 10.8. The minimum Gasteiger partial charge on any atom is -0.493 e. The summed E-state index contributed by atoms with van der Waals surface area (Å²) in [4.78, 5) is 0. The van der Waals surface area contributed by atoms with Crippen molar-refractivity contribution in [3.63, 3.8) is 0 Å². The van der Waals surface area contributed by atoms with Crippen LogP contribution in [0.1, 0.15) is 11.1 Å². The summed E-state index contributed by atoms with van der Waals surface area (Å²) < 4.78 is 21.4. The van der Waals surface area contributed by atoms with Crippen LogP contribution >= 0.6 is 0 Å². The van der Waals surface area contributed by atoms with Gasteiger partial charge in [0.1, 0.15) is 0 Å². The summed E-state index contributed by atoms with van der Waals surface area (Å²) in [5, 5.41) is 3.40. The Labute approximate surface area is 129 Å².